The van der Waals surface area contributed by atoms with Gasteiger partial charge in [-0.15, -0.1) is 0 Å². The predicted molar refractivity (Wildman–Crippen MR) is 70.2 cm³/mol. The zero-order chi connectivity index (χ0) is 12.4. The van der Waals surface area contributed by atoms with Crippen LogP contribution in [0.1, 0.15) is 18.4 Å². The first-order valence-electron chi connectivity index (χ1n) is 6.63. The van der Waals surface area contributed by atoms with Crippen LogP contribution < -0.4 is 20.5 Å². The maximum Gasteiger partial charge on any atom is 0.161 e. The molecule has 0 radical (unpaired) electrons. The SMILES string of the molecule is NC1(CNCCc2ccc3c(c2)OCCO3)CC1. The Labute approximate surface area is 107 Å². The normalized spacial score (nSPS) is 19.6. The number of rotatable bonds is 5. The average Bonchev–Trinajstić information content (AvgIpc) is 3.13. The second-order valence-corrected chi connectivity index (χ2v) is 5.27. The predicted octanol–water partition coefficient (Wildman–Crippen LogP) is 1.08. The van der Waals surface area contributed by atoms with Crippen LogP contribution in [0.2, 0.25) is 0 Å². The maximum absolute atomic E-state index is 6.02. The molecule has 0 spiro atoms. The van der Waals surface area contributed by atoms with E-state index in [0.29, 0.717) is 13.2 Å². The van der Waals surface area contributed by atoms with Crippen molar-refractivity contribution in [3.63, 3.8) is 0 Å². The number of ether oxygens (including phenoxy) is 2. The molecule has 0 bridgehead atoms. The Hall–Kier alpha value is -1.26. The summed E-state index contributed by atoms with van der Waals surface area (Å²) in [5.74, 6) is 1.73. The van der Waals surface area contributed by atoms with Crippen LogP contribution in [0.3, 0.4) is 0 Å². The molecule has 1 saturated carbocycles. The first-order chi connectivity index (χ1) is 8.75. The largest absolute Gasteiger partial charge is 0.486 e. The van der Waals surface area contributed by atoms with Crippen LogP contribution in [0.5, 0.6) is 11.5 Å². The Bertz CT molecular complexity index is 430. The van der Waals surface area contributed by atoms with Gasteiger partial charge in [0.05, 0.1) is 0 Å². The third-order valence-electron chi connectivity index (χ3n) is 3.57. The van der Waals surface area contributed by atoms with Crippen molar-refractivity contribution in [1.29, 1.82) is 0 Å². The van der Waals surface area contributed by atoms with Crippen LogP contribution in [0.25, 0.3) is 0 Å². The zero-order valence-corrected chi connectivity index (χ0v) is 10.6. The summed E-state index contributed by atoms with van der Waals surface area (Å²) in [6, 6.07) is 6.17. The quantitative estimate of drug-likeness (QED) is 0.766. The van der Waals surface area contributed by atoms with Gasteiger partial charge in [-0.05, 0) is 43.5 Å². The molecule has 3 rings (SSSR count). The molecule has 0 amide bonds. The molecule has 1 aromatic carbocycles. The molecule has 1 aliphatic heterocycles. The number of hydrogen-bond acceptors (Lipinski definition) is 4. The highest BCUT2D eigenvalue weighted by Gasteiger charge is 2.37. The third-order valence-corrected chi connectivity index (χ3v) is 3.57. The first kappa shape index (κ1) is 11.8. The molecule has 1 heterocycles. The average molecular weight is 248 g/mol. The topological polar surface area (TPSA) is 56.5 Å². The van der Waals surface area contributed by atoms with Crippen molar-refractivity contribution in [2.75, 3.05) is 26.3 Å². The highest BCUT2D eigenvalue weighted by Crippen LogP contribution is 2.31. The number of fused-ring (bicyclic) bond motifs is 1. The highest BCUT2D eigenvalue weighted by atomic mass is 16.6. The van der Waals surface area contributed by atoms with Gasteiger partial charge in [-0.1, -0.05) is 6.07 Å². The van der Waals surface area contributed by atoms with Gasteiger partial charge in [0, 0.05) is 12.1 Å². The first-order valence-corrected chi connectivity index (χ1v) is 6.63. The van der Waals surface area contributed by atoms with Crippen LogP contribution in [0.15, 0.2) is 18.2 Å². The van der Waals surface area contributed by atoms with Crippen molar-refractivity contribution in [1.82, 2.24) is 5.32 Å². The van der Waals surface area contributed by atoms with E-state index in [1.165, 1.54) is 5.56 Å². The monoisotopic (exact) mass is 248 g/mol. The van der Waals surface area contributed by atoms with E-state index < -0.39 is 0 Å². The van der Waals surface area contributed by atoms with Crippen molar-refractivity contribution in [2.45, 2.75) is 24.8 Å². The molecule has 4 nitrogen and oxygen atoms in total. The summed E-state index contributed by atoms with van der Waals surface area (Å²) in [7, 11) is 0. The van der Waals surface area contributed by atoms with Gasteiger partial charge >= 0.3 is 0 Å². The van der Waals surface area contributed by atoms with E-state index in [2.05, 4.69) is 17.4 Å². The third kappa shape index (κ3) is 2.76. The zero-order valence-electron chi connectivity index (χ0n) is 10.6. The summed E-state index contributed by atoms with van der Waals surface area (Å²) in [5.41, 5.74) is 7.38. The van der Waals surface area contributed by atoms with Gasteiger partial charge in [-0.2, -0.15) is 0 Å². The highest BCUT2D eigenvalue weighted by molar-refractivity contribution is 5.43. The molecule has 18 heavy (non-hydrogen) atoms. The molecule has 3 N–H and O–H groups in total. The van der Waals surface area contributed by atoms with E-state index >= 15 is 0 Å². The lowest BCUT2D eigenvalue weighted by Gasteiger charge is -2.19. The molecular weight excluding hydrogens is 228 g/mol. The second kappa shape index (κ2) is 4.78. The van der Waals surface area contributed by atoms with Crippen molar-refractivity contribution < 1.29 is 9.47 Å². The van der Waals surface area contributed by atoms with E-state index in [1.54, 1.807) is 0 Å². The van der Waals surface area contributed by atoms with Crippen molar-refractivity contribution in [3.05, 3.63) is 23.8 Å². The summed E-state index contributed by atoms with van der Waals surface area (Å²) in [4.78, 5) is 0. The van der Waals surface area contributed by atoms with Crippen molar-refractivity contribution in [2.24, 2.45) is 5.73 Å². The molecule has 2 aliphatic rings. The Kier molecular flexibility index (Phi) is 3.14. The molecule has 1 fully saturated rings. The summed E-state index contributed by atoms with van der Waals surface area (Å²) in [6.07, 6.45) is 3.31. The molecule has 98 valence electrons. The lowest BCUT2D eigenvalue weighted by atomic mass is 10.1. The number of hydrogen-bond donors (Lipinski definition) is 2. The van der Waals surface area contributed by atoms with Crippen molar-refractivity contribution in [3.8, 4) is 11.5 Å². The molecule has 0 atom stereocenters. The van der Waals surface area contributed by atoms with E-state index in [4.69, 9.17) is 15.2 Å². The van der Waals surface area contributed by atoms with Gasteiger partial charge in [0.15, 0.2) is 11.5 Å². The van der Waals surface area contributed by atoms with E-state index in [1.807, 2.05) is 6.07 Å². The number of benzene rings is 1. The van der Waals surface area contributed by atoms with Crippen LogP contribution >= 0.6 is 0 Å². The van der Waals surface area contributed by atoms with Crippen molar-refractivity contribution >= 4 is 0 Å². The van der Waals surface area contributed by atoms with Gasteiger partial charge < -0.3 is 20.5 Å². The number of nitrogens with two attached hydrogens (primary N) is 1. The van der Waals surface area contributed by atoms with Gasteiger partial charge in [0.2, 0.25) is 0 Å². The molecular formula is C14H20N2O2. The fourth-order valence-corrected chi connectivity index (χ4v) is 2.15. The Morgan fingerprint density at radius 3 is 2.72 bits per heavy atom. The fourth-order valence-electron chi connectivity index (χ4n) is 2.15. The minimum atomic E-state index is 0.0901. The molecule has 4 heteroatoms. The van der Waals surface area contributed by atoms with E-state index in [9.17, 15) is 0 Å². The van der Waals surface area contributed by atoms with Gasteiger partial charge in [0.1, 0.15) is 13.2 Å². The second-order valence-electron chi connectivity index (χ2n) is 5.27. The standard InChI is InChI=1S/C14H20N2O2/c15-14(4-5-14)10-16-6-3-11-1-2-12-13(9-11)18-8-7-17-12/h1-2,9,16H,3-8,10,15H2. The minimum Gasteiger partial charge on any atom is -0.486 e. The van der Waals surface area contributed by atoms with Gasteiger partial charge in [0.25, 0.3) is 0 Å². The molecule has 1 aliphatic carbocycles. The van der Waals surface area contributed by atoms with Gasteiger partial charge in [-0.3, -0.25) is 0 Å². The lowest BCUT2D eigenvalue weighted by Crippen LogP contribution is -2.36. The minimum absolute atomic E-state index is 0.0901. The van der Waals surface area contributed by atoms with Crippen LogP contribution in [-0.4, -0.2) is 31.8 Å². The van der Waals surface area contributed by atoms with Crippen LogP contribution in [-0.2, 0) is 6.42 Å². The Morgan fingerprint density at radius 2 is 1.94 bits per heavy atom. The summed E-state index contributed by atoms with van der Waals surface area (Å²) < 4.78 is 11.1. The molecule has 0 saturated heterocycles. The smallest absolute Gasteiger partial charge is 0.161 e. The fraction of sp³-hybridized carbons (Fsp3) is 0.571. The lowest BCUT2D eigenvalue weighted by molar-refractivity contribution is 0.171. The number of nitrogens with one attached hydrogen (secondary N) is 1. The molecule has 0 unspecified atom stereocenters. The summed E-state index contributed by atoms with van der Waals surface area (Å²) in [5, 5.41) is 3.42. The molecule has 0 aromatic heterocycles. The summed E-state index contributed by atoms with van der Waals surface area (Å²) in [6.45, 7) is 3.17. The Morgan fingerprint density at radius 1 is 1.17 bits per heavy atom. The van der Waals surface area contributed by atoms with Crippen LogP contribution in [0.4, 0.5) is 0 Å². The Balaban J connectivity index is 1.50. The maximum atomic E-state index is 6.02. The van der Waals surface area contributed by atoms with Gasteiger partial charge in [-0.25, -0.2) is 0 Å². The van der Waals surface area contributed by atoms with E-state index in [-0.39, 0.29) is 5.54 Å². The van der Waals surface area contributed by atoms with Crippen LogP contribution in [0, 0.1) is 0 Å². The summed E-state index contributed by atoms with van der Waals surface area (Å²) >= 11 is 0. The van der Waals surface area contributed by atoms with E-state index in [0.717, 1.165) is 43.9 Å². The molecule has 1 aromatic rings.